The highest BCUT2D eigenvalue weighted by atomic mass is 35.5. The Balaban J connectivity index is 1.59. The van der Waals surface area contributed by atoms with Crippen LogP contribution in [-0.4, -0.2) is 39.9 Å². The number of nitrogens with one attached hydrogen (secondary N) is 1. The molecule has 1 fully saturated rings. The average molecular weight is 550 g/mol. The highest BCUT2D eigenvalue weighted by Gasteiger charge is 2.42. The molecule has 3 heterocycles. The maximum Gasteiger partial charge on any atom is 0.271 e. The Morgan fingerprint density at radius 2 is 1.95 bits per heavy atom. The number of benzene rings is 2. The highest BCUT2D eigenvalue weighted by Crippen LogP contribution is 2.43. The van der Waals surface area contributed by atoms with Crippen molar-refractivity contribution in [2.75, 3.05) is 25.2 Å². The lowest BCUT2D eigenvalue weighted by Crippen LogP contribution is -2.30. The van der Waals surface area contributed by atoms with Gasteiger partial charge in [-0.2, -0.15) is 0 Å². The molecule has 1 aliphatic rings. The first-order valence-corrected chi connectivity index (χ1v) is 12.6. The number of anilines is 1. The minimum absolute atomic E-state index is 0.0104. The van der Waals surface area contributed by atoms with Crippen LogP contribution in [0, 0.1) is 10.1 Å². The van der Waals surface area contributed by atoms with Crippen LogP contribution in [0.5, 0.6) is 5.75 Å². The number of hydrogen-bond acceptors (Lipinski definition) is 6. The molecule has 0 unspecified atom stereocenters. The molecule has 2 aromatic carbocycles. The molecule has 5 rings (SSSR count). The highest BCUT2D eigenvalue weighted by molar-refractivity contribution is 7.80. The van der Waals surface area contributed by atoms with Crippen LogP contribution in [0.15, 0.2) is 85.2 Å². The van der Waals surface area contributed by atoms with Crippen molar-refractivity contribution in [2.24, 2.45) is 0 Å². The topological polar surface area (TPSA) is 94.7 Å². The predicted octanol–water partition coefficient (Wildman–Crippen LogP) is 5.64. The van der Waals surface area contributed by atoms with E-state index in [9.17, 15) is 10.1 Å². The van der Waals surface area contributed by atoms with Gasteiger partial charge in [-0.1, -0.05) is 23.7 Å². The SMILES string of the molecule is COCCOc1ccc(N2C(=S)N[C@H](c3ccccn3)[C@@H]2c2cccn2-c2cccc([N+](=O)[O-])c2)cc1Cl. The third kappa shape index (κ3) is 5.06. The van der Waals surface area contributed by atoms with Crippen LogP contribution < -0.4 is 15.0 Å². The molecule has 1 aliphatic heterocycles. The minimum Gasteiger partial charge on any atom is -0.490 e. The molecule has 0 aliphatic carbocycles. The van der Waals surface area contributed by atoms with E-state index in [0.29, 0.717) is 34.8 Å². The van der Waals surface area contributed by atoms with E-state index in [2.05, 4.69) is 10.3 Å². The number of ether oxygens (including phenoxy) is 2. The lowest BCUT2D eigenvalue weighted by Gasteiger charge is -2.29. The summed E-state index contributed by atoms with van der Waals surface area (Å²) >= 11 is 12.4. The molecule has 194 valence electrons. The van der Waals surface area contributed by atoms with Crippen molar-refractivity contribution >= 4 is 40.3 Å². The molecule has 9 nitrogen and oxygen atoms in total. The van der Waals surface area contributed by atoms with Gasteiger partial charge in [0.1, 0.15) is 18.4 Å². The van der Waals surface area contributed by atoms with E-state index in [4.69, 9.17) is 33.3 Å². The molecule has 1 N–H and O–H groups in total. The summed E-state index contributed by atoms with van der Waals surface area (Å²) in [7, 11) is 1.61. The van der Waals surface area contributed by atoms with E-state index in [1.54, 1.807) is 31.5 Å². The van der Waals surface area contributed by atoms with Crippen LogP contribution in [0.1, 0.15) is 23.5 Å². The van der Waals surface area contributed by atoms with Crippen molar-refractivity contribution in [1.82, 2.24) is 14.9 Å². The Morgan fingerprint density at radius 1 is 1.08 bits per heavy atom. The molecular weight excluding hydrogens is 526 g/mol. The second-order valence-corrected chi connectivity index (χ2v) is 9.33. The third-order valence-corrected chi connectivity index (χ3v) is 6.85. The van der Waals surface area contributed by atoms with Gasteiger partial charge in [0, 0.05) is 43.0 Å². The Hall–Kier alpha value is -3.99. The molecule has 11 heteroatoms. The van der Waals surface area contributed by atoms with Gasteiger partial charge in [-0.05, 0) is 60.7 Å². The normalized spacial score (nSPS) is 16.9. The summed E-state index contributed by atoms with van der Waals surface area (Å²) in [6, 6.07) is 21.0. The van der Waals surface area contributed by atoms with Crippen LogP contribution in [-0.2, 0) is 4.74 Å². The van der Waals surface area contributed by atoms with Crippen molar-refractivity contribution in [3.8, 4) is 11.4 Å². The average Bonchev–Trinajstić information content (AvgIpc) is 3.54. The number of rotatable bonds is 9. The van der Waals surface area contributed by atoms with E-state index in [1.165, 1.54) is 6.07 Å². The van der Waals surface area contributed by atoms with E-state index >= 15 is 0 Å². The van der Waals surface area contributed by atoms with E-state index in [-0.39, 0.29) is 17.8 Å². The molecule has 2 atom stereocenters. The summed E-state index contributed by atoms with van der Waals surface area (Å²) in [5, 5.41) is 15.8. The third-order valence-electron chi connectivity index (χ3n) is 6.24. The Bertz CT molecular complexity index is 1460. The second-order valence-electron chi connectivity index (χ2n) is 8.53. The number of halogens is 1. The van der Waals surface area contributed by atoms with Crippen molar-refractivity contribution in [3.05, 3.63) is 112 Å². The van der Waals surface area contributed by atoms with Gasteiger partial charge in [-0.3, -0.25) is 15.1 Å². The smallest absolute Gasteiger partial charge is 0.271 e. The summed E-state index contributed by atoms with van der Waals surface area (Å²) in [5.41, 5.74) is 3.11. The largest absolute Gasteiger partial charge is 0.490 e. The Morgan fingerprint density at radius 3 is 2.68 bits per heavy atom. The lowest BCUT2D eigenvalue weighted by atomic mass is 10.0. The molecule has 2 aromatic heterocycles. The number of hydrogen-bond donors (Lipinski definition) is 1. The van der Waals surface area contributed by atoms with Gasteiger partial charge in [0.25, 0.3) is 5.69 Å². The molecule has 0 radical (unpaired) electrons. The fourth-order valence-electron chi connectivity index (χ4n) is 4.55. The van der Waals surface area contributed by atoms with E-state index < -0.39 is 4.92 Å². The predicted molar refractivity (Wildman–Crippen MR) is 149 cm³/mol. The summed E-state index contributed by atoms with van der Waals surface area (Å²) in [6.45, 7) is 0.820. The molecule has 0 saturated carbocycles. The molecule has 38 heavy (non-hydrogen) atoms. The van der Waals surface area contributed by atoms with Crippen molar-refractivity contribution < 1.29 is 14.4 Å². The van der Waals surface area contributed by atoms with Gasteiger partial charge in [0.05, 0.1) is 34.0 Å². The molecular formula is C27H24ClN5O4S. The molecule has 0 spiro atoms. The monoisotopic (exact) mass is 549 g/mol. The first kappa shape index (κ1) is 25.7. The Kier molecular flexibility index (Phi) is 7.54. The summed E-state index contributed by atoms with van der Waals surface area (Å²) < 4.78 is 12.7. The van der Waals surface area contributed by atoms with Gasteiger partial charge in [0.15, 0.2) is 5.11 Å². The molecule has 4 aromatic rings. The summed E-state index contributed by atoms with van der Waals surface area (Å²) in [4.78, 5) is 17.6. The van der Waals surface area contributed by atoms with Crippen LogP contribution in [0.2, 0.25) is 5.02 Å². The van der Waals surface area contributed by atoms with Gasteiger partial charge in [0.2, 0.25) is 0 Å². The lowest BCUT2D eigenvalue weighted by molar-refractivity contribution is -0.384. The van der Waals surface area contributed by atoms with Gasteiger partial charge in [-0.15, -0.1) is 0 Å². The zero-order valence-corrected chi connectivity index (χ0v) is 21.9. The number of aromatic nitrogens is 2. The van der Waals surface area contributed by atoms with Crippen LogP contribution in [0.4, 0.5) is 11.4 Å². The standard InChI is InChI=1S/C27H24ClN5O4S/c1-36-14-15-37-24-11-10-19(17-21(24)28)32-26(25(30-27(32)38)22-8-2-3-12-29-22)23-9-5-13-31(23)18-6-4-7-20(16-18)33(34)35/h2-13,16-17,25-26H,14-15H2,1H3,(H,30,38)/t25-,26+/m1/s1. The first-order valence-electron chi connectivity index (χ1n) is 11.8. The van der Waals surface area contributed by atoms with E-state index in [1.807, 2.05) is 64.2 Å². The number of nitrogens with zero attached hydrogens (tertiary/aromatic N) is 4. The number of methoxy groups -OCH3 is 1. The maximum absolute atomic E-state index is 11.4. The van der Waals surface area contributed by atoms with Gasteiger partial charge < -0.3 is 24.3 Å². The van der Waals surface area contributed by atoms with Gasteiger partial charge >= 0.3 is 0 Å². The quantitative estimate of drug-likeness (QED) is 0.124. The number of non-ortho nitro benzene ring substituents is 1. The zero-order valence-electron chi connectivity index (χ0n) is 20.4. The number of thiocarbonyl (C=S) groups is 1. The minimum atomic E-state index is -0.403. The van der Waals surface area contributed by atoms with Crippen molar-refractivity contribution in [3.63, 3.8) is 0 Å². The molecule has 1 saturated heterocycles. The summed E-state index contributed by atoms with van der Waals surface area (Å²) in [6.07, 6.45) is 3.62. The number of pyridine rings is 1. The Labute approximate surface area is 229 Å². The van der Waals surface area contributed by atoms with Crippen molar-refractivity contribution in [1.29, 1.82) is 0 Å². The first-order chi connectivity index (χ1) is 18.5. The maximum atomic E-state index is 11.4. The second kappa shape index (κ2) is 11.2. The van der Waals surface area contributed by atoms with Crippen LogP contribution >= 0.6 is 23.8 Å². The summed E-state index contributed by atoms with van der Waals surface area (Å²) in [5.74, 6) is 0.545. The fourth-order valence-corrected chi connectivity index (χ4v) is 5.13. The zero-order chi connectivity index (χ0) is 26.6. The van der Waals surface area contributed by atoms with Crippen molar-refractivity contribution in [2.45, 2.75) is 12.1 Å². The number of nitro groups is 1. The molecule has 0 amide bonds. The molecule has 0 bridgehead atoms. The number of nitro benzene ring substituents is 1. The van der Waals surface area contributed by atoms with E-state index in [0.717, 1.165) is 17.1 Å². The fraction of sp³-hybridized carbons (Fsp3) is 0.185. The van der Waals surface area contributed by atoms with Crippen LogP contribution in [0.25, 0.3) is 5.69 Å². The van der Waals surface area contributed by atoms with Gasteiger partial charge in [-0.25, -0.2) is 0 Å². The van der Waals surface area contributed by atoms with Crippen LogP contribution in [0.3, 0.4) is 0 Å².